The number of aryl methyl sites for hydroxylation is 1. The zero-order valence-electron chi connectivity index (χ0n) is 10.2. The van der Waals surface area contributed by atoms with Crippen LogP contribution in [0.3, 0.4) is 0 Å². The third-order valence-electron chi connectivity index (χ3n) is 3.11. The molecule has 1 N–H and O–H groups in total. The van der Waals surface area contributed by atoms with Crippen molar-refractivity contribution in [2.24, 2.45) is 7.05 Å². The molecule has 16 heavy (non-hydrogen) atoms. The Balaban J connectivity index is 1.67. The highest BCUT2D eigenvalue weighted by molar-refractivity contribution is 4.91. The minimum Gasteiger partial charge on any atom is -0.338 e. The fourth-order valence-corrected chi connectivity index (χ4v) is 1.93. The Morgan fingerprint density at radius 3 is 2.62 bits per heavy atom. The normalized spacial score (nSPS) is 19.1. The van der Waals surface area contributed by atoms with Gasteiger partial charge in [0.25, 0.3) is 0 Å². The van der Waals surface area contributed by atoms with Gasteiger partial charge in [-0.05, 0) is 7.05 Å². The zero-order valence-corrected chi connectivity index (χ0v) is 10.2. The number of hydrazine groups is 1. The second-order valence-electron chi connectivity index (χ2n) is 4.40. The van der Waals surface area contributed by atoms with Crippen molar-refractivity contribution in [3.63, 3.8) is 0 Å². The Labute approximate surface area is 97.0 Å². The summed E-state index contributed by atoms with van der Waals surface area (Å²) >= 11 is 0. The zero-order chi connectivity index (χ0) is 11.4. The van der Waals surface area contributed by atoms with Crippen LogP contribution in [0.15, 0.2) is 12.4 Å². The highest BCUT2D eigenvalue weighted by Crippen LogP contribution is 1.97. The standard InChI is InChI=1S/C11H21N5/c1-14-7-9-16(10-8-14)13-4-3-11-12-5-6-15(11)2/h5-6,13H,3-4,7-10H2,1-2H3. The lowest BCUT2D eigenvalue weighted by Crippen LogP contribution is -2.51. The second-order valence-corrected chi connectivity index (χ2v) is 4.40. The van der Waals surface area contributed by atoms with Crippen LogP contribution in [0.5, 0.6) is 0 Å². The van der Waals surface area contributed by atoms with E-state index in [1.54, 1.807) is 0 Å². The minimum atomic E-state index is 0.967. The largest absolute Gasteiger partial charge is 0.338 e. The van der Waals surface area contributed by atoms with Gasteiger partial charge in [-0.3, -0.25) is 5.43 Å². The molecule has 0 atom stereocenters. The molecular formula is C11H21N5. The van der Waals surface area contributed by atoms with Crippen LogP contribution in [0.1, 0.15) is 5.82 Å². The van der Waals surface area contributed by atoms with Gasteiger partial charge in [-0.1, -0.05) is 0 Å². The number of aromatic nitrogens is 2. The number of imidazole rings is 1. The average Bonchev–Trinajstić information content (AvgIpc) is 2.68. The maximum atomic E-state index is 4.31. The van der Waals surface area contributed by atoms with Crippen LogP contribution in [0.4, 0.5) is 0 Å². The van der Waals surface area contributed by atoms with Crippen molar-refractivity contribution in [1.29, 1.82) is 0 Å². The molecule has 1 fully saturated rings. The summed E-state index contributed by atoms with van der Waals surface area (Å²) in [5.41, 5.74) is 3.46. The summed E-state index contributed by atoms with van der Waals surface area (Å²) in [5, 5.41) is 2.31. The lowest BCUT2D eigenvalue weighted by Gasteiger charge is -2.32. The first kappa shape index (κ1) is 11.6. The summed E-state index contributed by atoms with van der Waals surface area (Å²) in [5.74, 6) is 1.14. The molecule has 1 aromatic heterocycles. The first-order chi connectivity index (χ1) is 7.75. The van der Waals surface area contributed by atoms with E-state index >= 15 is 0 Å². The quantitative estimate of drug-likeness (QED) is 0.761. The number of piperazine rings is 1. The number of nitrogens with zero attached hydrogens (tertiary/aromatic N) is 4. The Hall–Kier alpha value is -0.910. The van der Waals surface area contributed by atoms with Gasteiger partial charge < -0.3 is 9.47 Å². The van der Waals surface area contributed by atoms with Crippen LogP contribution in [0, 0.1) is 0 Å². The SMILES string of the molecule is CN1CCN(NCCc2nccn2C)CC1. The first-order valence-electron chi connectivity index (χ1n) is 5.89. The molecule has 0 radical (unpaired) electrons. The predicted molar refractivity (Wildman–Crippen MR) is 64.0 cm³/mol. The van der Waals surface area contributed by atoms with Crippen LogP contribution in [0.2, 0.25) is 0 Å². The Kier molecular flexibility index (Phi) is 3.93. The number of hydrogen-bond donors (Lipinski definition) is 1. The van der Waals surface area contributed by atoms with E-state index in [-0.39, 0.29) is 0 Å². The molecule has 0 aromatic carbocycles. The van der Waals surface area contributed by atoms with Gasteiger partial charge >= 0.3 is 0 Å². The van der Waals surface area contributed by atoms with Gasteiger partial charge in [-0.25, -0.2) is 9.99 Å². The van der Waals surface area contributed by atoms with Gasteiger partial charge in [0.2, 0.25) is 0 Å². The maximum Gasteiger partial charge on any atom is 0.109 e. The van der Waals surface area contributed by atoms with Gasteiger partial charge in [0.15, 0.2) is 0 Å². The molecule has 1 saturated heterocycles. The summed E-state index contributed by atoms with van der Waals surface area (Å²) in [7, 11) is 4.21. The van der Waals surface area contributed by atoms with Crippen molar-refractivity contribution in [3.8, 4) is 0 Å². The molecule has 2 heterocycles. The third-order valence-corrected chi connectivity index (χ3v) is 3.11. The Morgan fingerprint density at radius 2 is 2.00 bits per heavy atom. The topological polar surface area (TPSA) is 36.3 Å². The summed E-state index contributed by atoms with van der Waals surface area (Å²) in [4.78, 5) is 6.66. The molecule has 90 valence electrons. The summed E-state index contributed by atoms with van der Waals surface area (Å²) in [6, 6.07) is 0. The van der Waals surface area contributed by atoms with Crippen LogP contribution < -0.4 is 5.43 Å². The number of hydrogen-bond acceptors (Lipinski definition) is 4. The van der Waals surface area contributed by atoms with E-state index in [9.17, 15) is 0 Å². The van der Waals surface area contributed by atoms with Crippen molar-refractivity contribution in [1.82, 2.24) is 24.9 Å². The predicted octanol–water partition coefficient (Wildman–Crippen LogP) is -0.285. The Morgan fingerprint density at radius 1 is 1.25 bits per heavy atom. The van der Waals surface area contributed by atoms with E-state index in [0.29, 0.717) is 0 Å². The van der Waals surface area contributed by atoms with E-state index in [2.05, 4.69) is 31.9 Å². The average molecular weight is 223 g/mol. The van der Waals surface area contributed by atoms with Gasteiger partial charge in [0.1, 0.15) is 5.82 Å². The summed E-state index contributed by atoms with van der Waals surface area (Å²) in [6.45, 7) is 5.48. The highest BCUT2D eigenvalue weighted by atomic mass is 15.5. The van der Waals surface area contributed by atoms with Crippen molar-refractivity contribution in [3.05, 3.63) is 18.2 Å². The molecule has 0 spiro atoms. The fourth-order valence-electron chi connectivity index (χ4n) is 1.93. The maximum absolute atomic E-state index is 4.31. The molecule has 1 aromatic rings. The molecule has 2 rings (SSSR count). The molecule has 0 saturated carbocycles. The van der Waals surface area contributed by atoms with Crippen LogP contribution in [-0.4, -0.2) is 59.2 Å². The molecule has 5 nitrogen and oxygen atoms in total. The molecule has 5 heteroatoms. The Bertz CT molecular complexity index is 314. The van der Waals surface area contributed by atoms with Crippen molar-refractivity contribution >= 4 is 0 Å². The highest BCUT2D eigenvalue weighted by Gasteiger charge is 2.12. The van der Waals surface area contributed by atoms with Crippen LogP contribution in [-0.2, 0) is 13.5 Å². The first-order valence-corrected chi connectivity index (χ1v) is 5.89. The molecule has 1 aliphatic rings. The van der Waals surface area contributed by atoms with Crippen LogP contribution >= 0.6 is 0 Å². The lowest BCUT2D eigenvalue weighted by atomic mass is 10.4. The smallest absolute Gasteiger partial charge is 0.109 e. The van der Waals surface area contributed by atoms with Gasteiger partial charge in [-0.15, -0.1) is 0 Å². The van der Waals surface area contributed by atoms with E-state index in [1.165, 1.54) is 0 Å². The molecule has 0 amide bonds. The number of likely N-dealkylation sites (N-methyl/N-ethyl adjacent to an activating group) is 1. The van der Waals surface area contributed by atoms with E-state index in [4.69, 9.17) is 0 Å². The monoisotopic (exact) mass is 223 g/mol. The number of rotatable bonds is 4. The van der Waals surface area contributed by atoms with E-state index in [1.807, 2.05) is 19.4 Å². The number of nitrogens with one attached hydrogen (secondary N) is 1. The van der Waals surface area contributed by atoms with E-state index < -0.39 is 0 Å². The molecule has 1 aliphatic heterocycles. The van der Waals surface area contributed by atoms with E-state index in [0.717, 1.165) is 45.0 Å². The molecule has 0 aliphatic carbocycles. The van der Waals surface area contributed by atoms with Crippen molar-refractivity contribution in [2.75, 3.05) is 39.8 Å². The van der Waals surface area contributed by atoms with Crippen molar-refractivity contribution in [2.45, 2.75) is 6.42 Å². The molecule has 0 bridgehead atoms. The summed E-state index contributed by atoms with van der Waals surface area (Å²) < 4.78 is 2.08. The van der Waals surface area contributed by atoms with Gasteiger partial charge in [0, 0.05) is 58.6 Å². The van der Waals surface area contributed by atoms with Gasteiger partial charge in [-0.2, -0.15) is 0 Å². The fraction of sp³-hybridized carbons (Fsp3) is 0.727. The summed E-state index contributed by atoms with van der Waals surface area (Å²) in [6.07, 6.45) is 4.83. The minimum absolute atomic E-state index is 0.967. The third kappa shape index (κ3) is 3.04. The molecular weight excluding hydrogens is 202 g/mol. The second kappa shape index (κ2) is 5.43. The van der Waals surface area contributed by atoms with Crippen LogP contribution in [0.25, 0.3) is 0 Å². The van der Waals surface area contributed by atoms with Crippen molar-refractivity contribution < 1.29 is 0 Å². The lowest BCUT2D eigenvalue weighted by molar-refractivity contribution is 0.105. The molecule has 0 unspecified atom stereocenters. The van der Waals surface area contributed by atoms with Gasteiger partial charge in [0.05, 0.1) is 0 Å².